The first-order valence-corrected chi connectivity index (χ1v) is 24.8. The maximum atomic E-state index is 11.8. The molecular weight excluding hydrogens is 841 g/mol. The summed E-state index contributed by atoms with van der Waals surface area (Å²) in [7, 11) is -9.08. The Labute approximate surface area is 396 Å². The zero-order chi connectivity index (χ0) is 43.6. The molecule has 0 bridgehead atoms. The number of phenols is 1. The van der Waals surface area contributed by atoms with Gasteiger partial charge < -0.3 is 24.2 Å². The van der Waals surface area contributed by atoms with E-state index in [-0.39, 0.29) is 70.5 Å². The standard InChI is InChI=1S/2C24H34O5S.Ca/c2*1-2-3-4-5-6-7-8-9-10-11-12-20-13-18-23(24(19-20)30(26,27)28)29-22-16-14-21(25)15-17-22;/h2*13-19,25H,2-12H2,1H3,(H,26,27,28);/q;;+2/p-2. The van der Waals surface area contributed by atoms with Gasteiger partial charge in [0, 0.05) is 0 Å². The van der Waals surface area contributed by atoms with Crippen molar-refractivity contribution in [1.29, 1.82) is 0 Å². The third-order valence-electron chi connectivity index (χ3n) is 10.3. The van der Waals surface area contributed by atoms with Gasteiger partial charge in [0.2, 0.25) is 0 Å². The average Bonchev–Trinajstić information content (AvgIpc) is 3.21. The van der Waals surface area contributed by atoms with Crippen molar-refractivity contribution in [2.45, 2.75) is 165 Å². The van der Waals surface area contributed by atoms with Crippen LogP contribution in [-0.4, -0.2) is 68.8 Å². The smallest absolute Gasteiger partial charge is 0.872 e. The van der Waals surface area contributed by atoms with Crippen LogP contribution in [0.3, 0.4) is 0 Å². The van der Waals surface area contributed by atoms with Gasteiger partial charge in [0.1, 0.15) is 43.8 Å². The summed E-state index contributed by atoms with van der Waals surface area (Å²) >= 11 is 0. The number of rotatable bonds is 28. The van der Waals surface area contributed by atoms with E-state index in [1.165, 1.54) is 169 Å². The summed E-state index contributed by atoms with van der Waals surface area (Å²) in [5, 5.41) is 20.5. The molecule has 332 valence electrons. The van der Waals surface area contributed by atoms with Gasteiger partial charge >= 0.3 is 37.7 Å². The van der Waals surface area contributed by atoms with Crippen molar-refractivity contribution in [2.24, 2.45) is 0 Å². The van der Waals surface area contributed by atoms with E-state index < -0.39 is 20.2 Å². The molecule has 0 aliphatic heterocycles. The number of ether oxygens (including phenoxy) is 2. The van der Waals surface area contributed by atoms with Gasteiger partial charge in [-0.15, -0.1) is 5.75 Å². The molecule has 10 nitrogen and oxygen atoms in total. The zero-order valence-corrected chi connectivity index (χ0v) is 40.2. The molecule has 0 aliphatic carbocycles. The summed E-state index contributed by atoms with van der Waals surface area (Å²) in [5.74, 6) is 0.641. The van der Waals surface area contributed by atoms with E-state index in [2.05, 4.69) is 13.8 Å². The summed E-state index contributed by atoms with van der Waals surface area (Å²) < 4.78 is 79.5. The first kappa shape index (κ1) is 54.3. The fourth-order valence-electron chi connectivity index (χ4n) is 6.89. The van der Waals surface area contributed by atoms with Gasteiger partial charge in [-0.3, -0.25) is 4.55 Å². The molecule has 2 N–H and O–H groups in total. The molecule has 0 fully saturated rings. The van der Waals surface area contributed by atoms with Gasteiger partial charge in [0.25, 0.3) is 10.1 Å². The first-order valence-electron chi connectivity index (χ1n) is 21.9. The van der Waals surface area contributed by atoms with E-state index in [1.54, 1.807) is 12.1 Å². The Balaban J connectivity index is 0.000000413. The van der Waals surface area contributed by atoms with Crippen molar-refractivity contribution in [2.75, 3.05) is 0 Å². The minimum Gasteiger partial charge on any atom is -0.872 e. The second kappa shape index (κ2) is 30.3. The molecule has 0 saturated carbocycles. The Hall–Kier alpha value is -2.84. The SMILES string of the molecule is CCCCCCCCCCCCc1ccc(Oc2ccc(O)cc2)c(S(=O)(=O)O)c1.CCCCCCCCCCCCc1ccc(Oc2ccc([O-])cc2)c(S(=O)(=O)[O-])c1.[Ca+2]. The molecule has 0 unspecified atom stereocenters. The zero-order valence-electron chi connectivity index (χ0n) is 36.3. The topological polar surface area (TPSA) is 173 Å². The van der Waals surface area contributed by atoms with Crippen LogP contribution >= 0.6 is 0 Å². The van der Waals surface area contributed by atoms with Crippen molar-refractivity contribution in [3.63, 3.8) is 0 Å². The number of aryl methyl sites for hydroxylation is 2. The average molecular weight is 907 g/mol. The van der Waals surface area contributed by atoms with E-state index in [0.717, 1.165) is 49.7 Å². The molecule has 0 amide bonds. The predicted molar refractivity (Wildman–Crippen MR) is 242 cm³/mol. The molecule has 0 radical (unpaired) electrons. The molecule has 0 atom stereocenters. The van der Waals surface area contributed by atoms with Gasteiger partial charge in [-0.25, -0.2) is 8.42 Å². The fraction of sp³-hybridized carbons (Fsp3) is 0.500. The van der Waals surface area contributed by atoms with E-state index >= 15 is 0 Å². The molecule has 61 heavy (non-hydrogen) atoms. The quantitative estimate of drug-likeness (QED) is 0.0317. The second-order valence-electron chi connectivity index (χ2n) is 15.5. The predicted octanol–water partition coefficient (Wildman–Crippen LogP) is 12.4. The molecule has 4 aromatic rings. The summed E-state index contributed by atoms with van der Waals surface area (Å²) in [6, 6.07) is 21.1. The summed E-state index contributed by atoms with van der Waals surface area (Å²) in [5.41, 5.74) is 1.67. The number of hydrogen-bond donors (Lipinski definition) is 2. The molecule has 0 saturated heterocycles. The van der Waals surface area contributed by atoms with Gasteiger partial charge in [-0.2, -0.15) is 8.42 Å². The van der Waals surface area contributed by atoms with Crippen molar-refractivity contribution >= 4 is 58.0 Å². The third kappa shape index (κ3) is 22.9. The van der Waals surface area contributed by atoms with Crippen molar-refractivity contribution in [3.05, 3.63) is 96.1 Å². The number of benzene rings is 4. The third-order valence-corrected chi connectivity index (χ3v) is 12.1. The fourth-order valence-corrected chi connectivity index (χ4v) is 8.21. The number of aromatic hydroxyl groups is 1. The van der Waals surface area contributed by atoms with E-state index in [9.17, 15) is 36.2 Å². The monoisotopic (exact) mass is 906 g/mol. The van der Waals surface area contributed by atoms with Gasteiger partial charge in [-0.05, 0) is 97.5 Å². The minimum absolute atomic E-state index is 0. The van der Waals surface area contributed by atoms with Gasteiger partial charge in [0.05, 0.1) is 4.90 Å². The van der Waals surface area contributed by atoms with Crippen LogP contribution < -0.4 is 14.6 Å². The van der Waals surface area contributed by atoms with E-state index in [4.69, 9.17) is 9.47 Å². The van der Waals surface area contributed by atoms with Crippen LogP contribution in [0.15, 0.2) is 94.7 Å². The van der Waals surface area contributed by atoms with Crippen LogP contribution in [0, 0.1) is 0 Å². The summed E-state index contributed by atoms with van der Waals surface area (Å²) in [4.78, 5) is -0.599. The van der Waals surface area contributed by atoms with Crippen LogP contribution in [0.1, 0.15) is 153 Å². The van der Waals surface area contributed by atoms with Crippen LogP contribution in [0.5, 0.6) is 34.5 Å². The summed E-state index contributed by atoms with van der Waals surface area (Å²) in [6.45, 7) is 4.46. The van der Waals surface area contributed by atoms with Crippen LogP contribution in [0.4, 0.5) is 0 Å². The van der Waals surface area contributed by atoms with Crippen molar-refractivity contribution in [3.8, 4) is 34.5 Å². The Morgan fingerprint density at radius 2 is 0.836 bits per heavy atom. The Kier molecular flexibility index (Phi) is 27.0. The summed E-state index contributed by atoms with van der Waals surface area (Å²) in [6.07, 6.45) is 26.3. The normalized spacial score (nSPS) is 11.3. The van der Waals surface area contributed by atoms with Crippen molar-refractivity contribution in [1.82, 2.24) is 0 Å². The second-order valence-corrected chi connectivity index (χ2v) is 18.3. The molecule has 4 aromatic carbocycles. The maximum Gasteiger partial charge on any atom is 2.00 e. The van der Waals surface area contributed by atoms with Gasteiger partial charge in [-0.1, -0.05) is 154 Å². The number of phenolic OH excluding ortho intramolecular Hbond substituents is 1. The Morgan fingerprint density at radius 1 is 0.492 bits per heavy atom. The van der Waals surface area contributed by atoms with Crippen LogP contribution in [0.25, 0.3) is 0 Å². The van der Waals surface area contributed by atoms with Gasteiger partial charge in [0.15, 0.2) is 0 Å². The molecule has 0 heterocycles. The molecule has 0 aromatic heterocycles. The largest absolute Gasteiger partial charge is 2.00 e. The van der Waals surface area contributed by atoms with Crippen LogP contribution in [-0.2, 0) is 33.1 Å². The van der Waals surface area contributed by atoms with E-state index in [1.807, 2.05) is 6.07 Å². The van der Waals surface area contributed by atoms with E-state index in [0.29, 0.717) is 11.5 Å². The van der Waals surface area contributed by atoms with Crippen LogP contribution in [0.2, 0.25) is 0 Å². The molecule has 13 heteroatoms. The first-order chi connectivity index (χ1) is 28.8. The Morgan fingerprint density at radius 3 is 1.21 bits per heavy atom. The molecule has 0 aliphatic rings. The molecule has 0 spiro atoms. The number of unbranched alkanes of at least 4 members (excludes halogenated alkanes) is 18. The molecular formula is C48H66CaO10S2. The molecule has 4 rings (SSSR count). The Bertz CT molecular complexity index is 1870. The van der Waals surface area contributed by atoms with Crippen molar-refractivity contribution < 1.29 is 45.6 Å². The maximum absolute atomic E-state index is 11.8. The number of hydrogen-bond acceptors (Lipinski definition) is 9. The minimum atomic E-state index is -4.67.